The quantitative estimate of drug-likeness (QED) is 0.280. The normalized spacial score (nSPS) is 12.6. The molecule has 0 spiro atoms. The zero-order valence-corrected chi connectivity index (χ0v) is 7.47. The van der Waals surface area contributed by atoms with E-state index in [-0.39, 0.29) is 0 Å². The zero-order chi connectivity index (χ0) is 8.53. The van der Waals surface area contributed by atoms with E-state index in [4.69, 9.17) is 11.6 Å². The molecule has 0 saturated carbocycles. The van der Waals surface area contributed by atoms with Gasteiger partial charge in [-0.05, 0) is 6.42 Å². The molecule has 0 aliphatic heterocycles. The van der Waals surface area contributed by atoms with Gasteiger partial charge in [0.2, 0.25) is 0 Å². The van der Waals surface area contributed by atoms with Gasteiger partial charge in [-0.2, -0.15) is 5.10 Å². The molecular weight excluding hydrogens is 160 g/mol. The molecule has 0 unspecified atom stereocenters. The molecule has 0 radical (unpaired) electrons. The second-order valence-electron chi connectivity index (χ2n) is 1.86. The number of hydrogen-bond donors (Lipinski definition) is 2. The van der Waals surface area contributed by atoms with Crippen molar-refractivity contribution < 1.29 is 0 Å². The minimum absolute atomic E-state index is 0.471. The fraction of sp³-hybridized carbons (Fsp3) is 0.667. The van der Waals surface area contributed by atoms with Crippen LogP contribution in [0.5, 0.6) is 0 Å². The summed E-state index contributed by atoms with van der Waals surface area (Å²) in [6.07, 6.45) is 2.62. The maximum atomic E-state index is 5.51. The lowest BCUT2D eigenvalue weighted by molar-refractivity contribution is 1.11. The fourth-order valence-corrected chi connectivity index (χ4v) is 1.01. The van der Waals surface area contributed by atoms with Crippen LogP contribution in [0.1, 0.15) is 13.3 Å². The summed E-state index contributed by atoms with van der Waals surface area (Å²) in [4.78, 5) is 3.98. The molecule has 0 amide bonds. The molecule has 5 heteroatoms. The largest absolute Gasteiger partial charge is 0.379 e. The topological polar surface area (TPSA) is 76.8 Å². The van der Waals surface area contributed by atoms with Crippen molar-refractivity contribution >= 4 is 23.1 Å². The first-order chi connectivity index (χ1) is 5.31. The Morgan fingerprint density at radius 3 is 2.91 bits per heavy atom. The number of aliphatic imine (C=N–C) groups is 1. The van der Waals surface area contributed by atoms with E-state index in [9.17, 15) is 0 Å². The molecule has 0 fully saturated rings. The number of hydrazone groups is 1. The smallest absolute Gasteiger partial charge is 0.154 e. The van der Waals surface area contributed by atoms with Gasteiger partial charge in [-0.15, -0.1) is 0 Å². The van der Waals surface area contributed by atoms with Gasteiger partial charge in [-0.1, -0.05) is 18.7 Å². The van der Waals surface area contributed by atoms with Crippen molar-refractivity contribution in [2.75, 3.05) is 12.3 Å². The highest BCUT2D eigenvalue weighted by atomic mass is 32.2. The van der Waals surface area contributed by atoms with Crippen molar-refractivity contribution in [2.24, 2.45) is 21.7 Å². The van der Waals surface area contributed by atoms with Crippen LogP contribution in [0.15, 0.2) is 10.1 Å². The van der Waals surface area contributed by atoms with E-state index >= 15 is 0 Å². The van der Waals surface area contributed by atoms with Crippen molar-refractivity contribution in [3.63, 3.8) is 0 Å². The van der Waals surface area contributed by atoms with Gasteiger partial charge in [0.1, 0.15) is 0 Å². The molecule has 64 valence electrons. The molecule has 0 aromatic rings. The first-order valence-electron chi connectivity index (χ1n) is 3.45. The third-order valence-electron chi connectivity index (χ3n) is 0.888. The molecule has 0 rings (SSSR count). The third-order valence-corrected chi connectivity index (χ3v) is 1.93. The Hall–Kier alpha value is -0.710. The Bertz CT molecular complexity index is 144. The SMILES string of the molecule is CCCSC(N)=NCC=NN. The lowest BCUT2D eigenvalue weighted by Crippen LogP contribution is -2.08. The molecule has 0 heterocycles. The van der Waals surface area contributed by atoms with E-state index in [0.717, 1.165) is 12.2 Å². The molecule has 0 aromatic carbocycles. The molecule has 0 aliphatic rings. The minimum atomic E-state index is 0.471. The van der Waals surface area contributed by atoms with Crippen molar-refractivity contribution in [1.82, 2.24) is 0 Å². The molecule has 4 nitrogen and oxygen atoms in total. The Balaban J connectivity index is 3.45. The molecular formula is C6H14N4S. The van der Waals surface area contributed by atoms with E-state index < -0.39 is 0 Å². The Morgan fingerprint density at radius 1 is 1.64 bits per heavy atom. The average Bonchev–Trinajstić information content (AvgIpc) is 2.01. The van der Waals surface area contributed by atoms with Gasteiger partial charge in [-0.3, -0.25) is 4.99 Å². The second-order valence-corrected chi connectivity index (χ2v) is 2.97. The Morgan fingerprint density at radius 2 is 2.36 bits per heavy atom. The number of hydrogen-bond acceptors (Lipinski definition) is 4. The maximum Gasteiger partial charge on any atom is 0.154 e. The van der Waals surface area contributed by atoms with Gasteiger partial charge in [0.25, 0.3) is 0 Å². The zero-order valence-electron chi connectivity index (χ0n) is 6.66. The van der Waals surface area contributed by atoms with E-state index in [1.165, 1.54) is 6.21 Å². The molecule has 0 aliphatic carbocycles. The predicted molar refractivity (Wildman–Crippen MR) is 51.9 cm³/mol. The highest BCUT2D eigenvalue weighted by Crippen LogP contribution is 2.00. The standard InChI is InChI=1S/C6H14N4S/c1-2-5-11-6(7)9-3-4-10-8/h4H,2-3,5,8H2,1H3,(H2,7,9). The van der Waals surface area contributed by atoms with Crippen LogP contribution in [0.3, 0.4) is 0 Å². The number of rotatable bonds is 4. The Kier molecular flexibility index (Phi) is 6.92. The summed E-state index contributed by atoms with van der Waals surface area (Å²) in [5.74, 6) is 5.88. The van der Waals surface area contributed by atoms with Crippen molar-refractivity contribution in [2.45, 2.75) is 13.3 Å². The fourth-order valence-electron chi connectivity index (χ4n) is 0.430. The highest BCUT2D eigenvalue weighted by molar-refractivity contribution is 8.13. The first-order valence-corrected chi connectivity index (χ1v) is 4.44. The lowest BCUT2D eigenvalue weighted by Gasteiger charge is -1.95. The Labute approximate surface area is 71.1 Å². The van der Waals surface area contributed by atoms with Crippen molar-refractivity contribution in [1.29, 1.82) is 0 Å². The summed E-state index contributed by atoms with van der Waals surface area (Å²) in [5, 5.41) is 3.89. The van der Waals surface area contributed by atoms with Gasteiger partial charge in [0.05, 0.1) is 6.54 Å². The van der Waals surface area contributed by atoms with Crippen LogP contribution >= 0.6 is 11.8 Å². The molecule has 0 atom stereocenters. The lowest BCUT2D eigenvalue weighted by atomic mass is 10.6. The van der Waals surface area contributed by atoms with E-state index in [1.807, 2.05) is 0 Å². The maximum absolute atomic E-state index is 5.51. The number of amidine groups is 1. The van der Waals surface area contributed by atoms with Crippen LogP contribution in [0.2, 0.25) is 0 Å². The minimum Gasteiger partial charge on any atom is -0.379 e. The number of nitrogens with zero attached hydrogens (tertiary/aromatic N) is 2. The van der Waals surface area contributed by atoms with Gasteiger partial charge in [0, 0.05) is 12.0 Å². The first kappa shape index (κ1) is 10.3. The summed E-state index contributed by atoms with van der Waals surface area (Å²) < 4.78 is 0. The summed E-state index contributed by atoms with van der Waals surface area (Å²) in [6.45, 7) is 2.57. The summed E-state index contributed by atoms with van der Waals surface area (Å²) >= 11 is 1.55. The summed E-state index contributed by atoms with van der Waals surface area (Å²) in [6, 6.07) is 0. The van der Waals surface area contributed by atoms with Crippen LogP contribution in [0.4, 0.5) is 0 Å². The predicted octanol–water partition coefficient (Wildman–Crippen LogP) is 0.389. The van der Waals surface area contributed by atoms with E-state index in [2.05, 4.69) is 17.0 Å². The summed E-state index contributed by atoms with van der Waals surface area (Å²) in [5.41, 5.74) is 5.51. The number of thioether (sulfide) groups is 1. The number of nitrogens with two attached hydrogens (primary N) is 2. The molecule has 0 aromatic heterocycles. The second kappa shape index (κ2) is 7.40. The summed E-state index contributed by atoms with van der Waals surface area (Å²) in [7, 11) is 0. The van der Waals surface area contributed by atoms with E-state index in [1.54, 1.807) is 11.8 Å². The molecule has 0 bridgehead atoms. The van der Waals surface area contributed by atoms with Crippen LogP contribution in [0, 0.1) is 0 Å². The van der Waals surface area contributed by atoms with Crippen molar-refractivity contribution in [3.8, 4) is 0 Å². The highest BCUT2D eigenvalue weighted by Gasteiger charge is 1.89. The molecule has 0 saturated heterocycles. The van der Waals surface area contributed by atoms with Gasteiger partial charge >= 0.3 is 0 Å². The van der Waals surface area contributed by atoms with Gasteiger partial charge in [-0.25, -0.2) is 0 Å². The monoisotopic (exact) mass is 174 g/mol. The molecule has 11 heavy (non-hydrogen) atoms. The van der Waals surface area contributed by atoms with E-state index in [0.29, 0.717) is 11.7 Å². The van der Waals surface area contributed by atoms with Crippen molar-refractivity contribution in [3.05, 3.63) is 0 Å². The van der Waals surface area contributed by atoms with Crippen LogP contribution in [0.25, 0.3) is 0 Å². The average molecular weight is 174 g/mol. The van der Waals surface area contributed by atoms with Crippen LogP contribution in [-0.4, -0.2) is 23.7 Å². The van der Waals surface area contributed by atoms with Crippen LogP contribution in [-0.2, 0) is 0 Å². The molecule has 4 N–H and O–H groups in total. The van der Waals surface area contributed by atoms with Crippen LogP contribution < -0.4 is 11.6 Å². The third kappa shape index (κ3) is 7.18. The van der Waals surface area contributed by atoms with Gasteiger partial charge in [0.15, 0.2) is 5.17 Å². The van der Waals surface area contributed by atoms with Gasteiger partial charge < -0.3 is 11.6 Å².